The van der Waals surface area contributed by atoms with Crippen molar-refractivity contribution in [1.29, 1.82) is 0 Å². The number of benzene rings is 1. The number of halogens is 1. The van der Waals surface area contributed by atoms with E-state index in [9.17, 15) is 18.8 Å². The molecule has 0 radical (unpaired) electrons. The number of nitrogen functional groups attached to an aromatic ring is 1. The molecule has 0 atom stereocenters. The topological polar surface area (TPSA) is 133 Å². The maximum atomic E-state index is 14.4. The minimum Gasteiger partial charge on any atom is -0.384 e. The summed E-state index contributed by atoms with van der Waals surface area (Å²) in [5.41, 5.74) is 4.86. The second kappa shape index (κ2) is 5.09. The van der Waals surface area contributed by atoms with Gasteiger partial charge < -0.3 is 10.3 Å². The molecule has 3 heterocycles. The average Bonchev–Trinajstić information content (AvgIpc) is 3.16. The Bertz CT molecular complexity index is 1100. The highest BCUT2D eigenvalue weighted by Crippen LogP contribution is 2.30. The normalized spacial score (nSPS) is 13.0. The Labute approximate surface area is 137 Å². The van der Waals surface area contributed by atoms with Gasteiger partial charge in [0.25, 0.3) is 17.4 Å². The summed E-state index contributed by atoms with van der Waals surface area (Å²) in [6.45, 7) is 0. The molecule has 4 rings (SSSR count). The molecule has 0 bridgehead atoms. The molecule has 10 heteroatoms. The minimum atomic E-state index is -0.733. The van der Waals surface area contributed by atoms with Crippen LogP contribution in [0.4, 0.5) is 10.2 Å². The van der Waals surface area contributed by atoms with E-state index in [1.807, 2.05) is 0 Å². The number of carbonyl (C=O) groups excluding carboxylic acids is 2. The van der Waals surface area contributed by atoms with Gasteiger partial charge in [0.2, 0.25) is 12.2 Å². The van der Waals surface area contributed by atoms with E-state index in [1.54, 1.807) is 0 Å². The first kappa shape index (κ1) is 14.8. The third kappa shape index (κ3) is 2.04. The molecule has 25 heavy (non-hydrogen) atoms. The Morgan fingerprint density at radius 2 is 1.96 bits per heavy atom. The number of hydrogen-bond acceptors (Lipinski definition) is 7. The molecule has 0 fully saturated rings. The third-order valence-corrected chi connectivity index (χ3v) is 3.77. The number of pyridine rings is 1. The highest BCUT2D eigenvalue weighted by atomic mass is 19.1. The predicted molar refractivity (Wildman–Crippen MR) is 81.5 cm³/mol. The molecule has 124 valence electrons. The fraction of sp³-hybridized carbons (Fsp3) is 0. The SMILES string of the molecule is Nc1c2c(cc(=O)n1-c1cccc(F)c1-c1ncon1)C(=O)NC2=O. The van der Waals surface area contributed by atoms with Crippen molar-refractivity contribution < 1.29 is 18.5 Å². The molecule has 1 aromatic carbocycles. The van der Waals surface area contributed by atoms with Gasteiger partial charge in [0.15, 0.2) is 0 Å². The van der Waals surface area contributed by atoms with Crippen LogP contribution in [0.15, 0.2) is 40.0 Å². The fourth-order valence-corrected chi connectivity index (χ4v) is 2.73. The Morgan fingerprint density at radius 3 is 2.68 bits per heavy atom. The molecule has 9 nitrogen and oxygen atoms in total. The van der Waals surface area contributed by atoms with Crippen LogP contribution < -0.4 is 16.6 Å². The van der Waals surface area contributed by atoms with Gasteiger partial charge in [-0.2, -0.15) is 4.98 Å². The molecule has 0 spiro atoms. The van der Waals surface area contributed by atoms with Gasteiger partial charge in [-0.3, -0.25) is 24.3 Å². The monoisotopic (exact) mass is 341 g/mol. The molecule has 2 aromatic heterocycles. The molecule has 0 saturated carbocycles. The molecule has 3 N–H and O–H groups in total. The summed E-state index contributed by atoms with van der Waals surface area (Å²) in [4.78, 5) is 39.9. The standard InChI is InChI=1S/C15H8FN5O4/c16-7-2-1-3-8(11(7)13-18-5-25-20-13)21-9(22)4-6-10(12(21)17)15(24)19-14(6)23/h1-5H,17H2,(H,19,23,24). The van der Waals surface area contributed by atoms with Gasteiger partial charge in [-0.15, -0.1) is 0 Å². The second-order valence-corrected chi connectivity index (χ2v) is 5.16. The summed E-state index contributed by atoms with van der Waals surface area (Å²) in [5, 5.41) is 5.64. The van der Waals surface area contributed by atoms with E-state index in [1.165, 1.54) is 12.1 Å². The average molecular weight is 341 g/mol. The lowest BCUT2D eigenvalue weighted by molar-refractivity contribution is 0.0880. The quantitative estimate of drug-likeness (QED) is 0.648. The summed E-state index contributed by atoms with van der Waals surface area (Å²) < 4.78 is 19.9. The van der Waals surface area contributed by atoms with Crippen LogP contribution in [0.5, 0.6) is 0 Å². The lowest BCUT2D eigenvalue weighted by atomic mass is 10.1. The molecule has 1 aliphatic heterocycles. The van der Waals surface area contributed by atoms with Crippen LogP contribution in [0.2, 0.25) is 0 Å². The van der Waals surface area contributed by atoms with Crippen molar-refractivity contribution in [1.82, 2.24) is 20.0 Å². The van der Waals surface area contributed by atoms with Gasteiger partial charge in [0.1, 0.15) is 11.6 Å². The van der Waals surface area contributed by atoms with Crippen molar-refractivity contribution in [3.8, 4) is 17.1 Å². The van der Waals surface area contributed by atoms with Crippen molar-refractivity contribution in [3.05, 3.63) is 58.0 Å². The molecule has 0 unspecified atom stereocenters. The molecule has 0 saturated heterocycles. The summed E-state index contributed by atoms with van der Waals surface area (Å²) in [7, 11) is 0. The zero-order chi connectivity index (χ0) is 17.7. The Kier molecular flexibility index (Phi) is 3.01. The van der Waals surface area contributed by atoms with Crippen molar-refractivity contribution in [2.75, 3.05) is 5.73 Å². The highest BCUT2D eigenvalue weighted by Gasteiger charge is 2.32. The Balaban J connectivity index is 2.08. The number of nitrogens with one attached hydrogen (secondary N) is 1. The zero-order valence-electron chi connectivity index (χ0n) is 12.3. The van der Waals surface area contributed by atoms with Gasteiger partial charge in [-0.25, -0.2) is 4.39 Å². The number of imide groups is 1. The van der Waals surface area contributed by atoms with E-state index in [2.05, 4.69) is 20.0 Å². The number of nitrogens with two attached hydrogens (primary N) is 1. The number of anilines is 1. The van der Waals surface area contributed by atoms with Gasteiger partial charge in [-0.1, -0.05) is 11.2 Å². The second-order valence-electron chi connectivity index (χ2n) is 5.16. The first-order chi connectivity index (χ1) is 12.0. The van der Waals surface area contributed by atoms with Crippen molar-refractivity contribution in [2.45, 2.75) is 0 Å². The molecule has 2 amide bonds. The maximum Gasteiger partial charge on any atom is 0.262 e. The number of amides is 2. The zero-order valence-corrected chi connectivity index (χ0v) is 12.3. The number of fused-ring (bicyclic) bond motifs is 1. The molecule has 3 aromatic rings. The minimum absolute atomic E-state index is 0.0128. The summed E-state index contributed by atoms with van der Waals surface area (Å²) in [6, 6.07) is 4.89. The lowest BCUT2D eigenvalue weighted by Crippen LogP contribution is -2.24. The van der Waals surface area contributed by atoms with Crippen LogP contribution in [0.25, 0.3) is 17.1 Å². The van der Waals surface area contributed by atoms with Gasteiger partial charge in [0, 0.05) is 6.07 Å². The van der Waals surface area contributed by atoms with Crippen LogP contribution >= 0.6 is 0 Å². The van der Waals surface area contributed by atoms with E-state index in [0.717, 1.165) is 23.1 Å². The van der Waals surface area contributed by atoms with Crippen LogP contribution in [-0.4, -0.2) is 26.5 Å². The first-order valence-electron chi connectivity index (χ1n) is 6.96. The smallest absolute Gasteiger partial charge is 0.262 e. The Hall–Kier alpha value is -3.82. The van der Waals surface area contributed by atoms with Crippen molar-refractivity contribution >= 4 is 17.6 Å². The largest absolute Gasteiger partial charge is 0.384 e. The Morgan fingerprint density at radius 1 is 1.16 bits per heavy atom. The first-order valence-corrected chi connectivity index (χ1v) is 6.96. The number of carbonyl (C=O) groups is 2. The number of nitrogens with zero attached hydrogens (tertiary/aromatic N) is 3. The molecular weight excluding hydrogens is 333 g/mol. The predicted octanol–water partition coefficient (Wildman–Crippen LogP) is 0.492. The van der Waals surface area contributed by atoms with Gasteiger partial charge in [-0.05, 0) is 12.1 Å². The van der Waals surface area contributed by atoms with Gasteiger partial charge in [0.05, 0.1) is 22.4 Å². The number of aromatic nitrogens is 3. The molecular formula is C15H8FN5O4. The molecule has 0 aliphatic carbocycles. The van der Waals surface area contributed by atoms with Crippen molar-refractivity contribution in [3.63, 3.8) is 0 Å². The van der Waals surface area contributed by atoms with Crippen LogP contribution in [0.1, 0.15) is 20.7 Å². The van der Waals surface area contributed by atoms with Crippen molar-refractivity contribution in [2.24, 2.45) is 0 Å². The van der Waals surface area contributed by atoms with E-state index >= 15 is 0 Å². The van der Waals surface area contributed by atoms with Crippen LogP contribution in [0.3, 0.4) is 0 Å². The van der Waals surface area contributed by atoms with E-state index < -0.39 is 23.2 Å². The van der Waals surface area contributed by atoms with Crippen LogP contribution in [-0.2, 0) is 0 Å². The van der Waals surface area contributed by atoms with E-state index in [0.29, 0.717) is 0 Å². The maximum absolute atomic E-state index is 14.4. The van der Waals surface area contributed by atoms with Gasteiger partial charge >= 0.3 is 0 Å². The summed E-state index contributed by atoms with van der Waals surface area (Å²) in [6.07, 6.45) is 1.01. The molecule has 1 aliphatic rings. The fourth-order valence-electron chi connectivity index (χ4n) is 2.73. The van der Waals surface area contributed by atoms with E-state index in [-0.39, 0.29) is 34.0 Å². The number of hydrogen-bond donors (Lipinski definition) is 2. The lowest BCUT2D eigenvalue weighted by Gasteiger charge is -2.14. The van der Waals surface area contributed by atoms with E-state index in [4.69, 9.17) is 5.73 Å². The highest BCUT2D eigenvalue weighted by molar-refractivity contribution is 6.23. The number of rotatable bonds is 2. The van der Waals surface area contributed by atoms with Crippen LogP contribution in [0, 0.1) is 5.82 Å². The summed E-state index contributed by atoms with van der Waals surface area (Å²) >= 11 is 0. The summed E-state index contributed by atoms with van der Waals surface area (Å²) in [5.74, 6) is -2.55. The third-order valence-electron chi connectivity index (χ3n) is 3.77.